The zero-order valence-corrected chi connectivity index (χ0v) is 15.5. The van der Waals surface area contributed by atoms with E-state index < -0.39 is 0 Å². The van der Waals surface area contributed by atoms with Crippen molar-refractivity contribution in [2.24, 2.45) is 0 Å². The normalized spacial score (nSPS) is 15.3. The van der Waals surface area contributed by atoms with Crippen LogP contribution in [0.15, 0.2) is 34.7 Å². The van der Waals surface area contributed by atoms with E-state index in [4.69, 9.17) is 9.15 Å². The number of aromatic nitrogens is 1. The van der Waals surface area contributed by atoms with Crippen LogP contribution >= 0.6 is 11.3 Å². The van der Waals surface area contributed by atoms with Gasteiger partial charge in [-0.05, 0) is 56.3 Å². The quantitative estimate of drug-likeness (QED) is 0.730. The number of carbonyl (C=O) groups is 1. The molecule has 7 heteroatoms. The lowest BCUT2D eigenvalue weighted by molar-refractivity contribution is 0.0992. The molecule has 1 N–H and O–H groups in total. The molecule has 0 bridgehead atoms. The molecule has 1 amide bonds. The highest BCUT2D eigenvalue weighted by molar-refractivity contribution is 7.22. The molecule has 1 aromatic carbocycles. The van der Waals surface area contributed by atoms with Crippen LogP contribution in [0.25, 0.3) is 10.2 Å². The molecule has 1 aliphatic heterocycles. The summed E-state index contributed by atoms with van der Waals surface area (Å²) in [5.41, 5.74) is 0.830. The second-order valence-corrected chi connectivity index (χ2v) is 7.44. The molecule has 0 unspecified atom stereocenters. The van der Waals surface area contributed by atoms with Gasteiger partial charge in [0.2, 0.25) is 0 Å². The number of thiazole rings is 1. The molecule has 26 heavy (non-hydrogen) atoms. The van der Waals surface area contributed by atoms with Crippen LogP contribution in [0.1, 0.15) is 35.6 Å². The van der Waals surface area contributed by atoms with E-state index in [1.165, 1.54) is 30.6 Å². The van der Waals surface area contributed by atoms with Crippen molar-refractivity contribution in [2.45, 2.75) is 25.8 Å². The van der Waals surface area contributed by atoms with Gasteiger partial charge in [0, 0.05) is 0 Å². The monoisotopic (exact) mass is 371 g/mol. The second-order valence-electron chi connectivity index (χ2n) is 6.41. The first-order valence-corrected chi connectivity index (χ1v) is 9.60. The number of methoxy groups -OCH3 is 1. The van der Waals surface area contributed by atoms with Crippen molar-refractivity contribution in [2.75, 3.05) is 25.5 Å². The van der Waals surface area contributed by atoms with Crippen molar-refractivity contribution in [3.05, 3.63) is 41.9 Å². The average molecular weight is 371 g/mol. The van der Waals surface area contributed by atoms with Crippen LogP contribution < -0.4 is 10.1 Å². The largest absolute Gasteiger partial charge is 0.497 e. The number of ether oxygens (including phenoxy) is 1. The third kappa shape index (κ3) is 3.73. The third-order valence-electron chi connectivity index (χ3n) is 4.53. The smallest absolute Gasteiger partial charge is 0.293 e. The number of benzene rings is 1. The summed E-state index contributed by atoms with van der Waals surface area (Å²) >= 11 is 1.41. The molecule has 6 nitrogen and oxygen atoms in total. The van der Waals surface area contributed by atoms with Crippen LogP contribution in [0, 0.1) is 0 Å². The molecule has 2 aromatic heterocycles. The van der Waals surface area contributed by atoms with Crippen LogP contribution in [-0.4, -0.2) is 36.0 Å². The lowest BCUT2D eigenvalue weighted by Crippen LogP contribution is -2.28. The number of anilines is 1. The Morgan fingerprint density at radius 1 is 1.27 bits per heavy atom. The molecule has 0 atom stereocenters. The summed E-state index contributed by atoms with van der Waals surface area (Å²) in [5.74, 6) is 1.63. The summed E-state index contributed by atoms with van der Waals surface area (Å²) in [4.78, 5) is 19.2. The van der Waals surface area contributed by atoms with Gasteiger partial charge in [0.25, 0.3) is 5.91 Å². The molecule has 4 rings (SSSR count). The number of hydrogen-bond acceptors (Lipinski definition) is 6. The fraction of sp³-hybridized carbons (Fsp3) is 0.368. The Hall–Kier alpha value is -2.38. The number of furan rings is 1. The standard InChI is InChI=1S/C19H21N3O3S/c1-24-13-5-7-15-17(11-13)26-19(20-15)21-18(23)16-8-6-14(25-16)12-22-9-3-2-4-10-22/h5-8,11H,2-4,9-10,12H2,1H3,(H,20,21,23). The number of nitrogens with one attached hydrogen (secondary N) is 1. The summed E-state index contributed by atoms with van der Waals surface area (Å²) in [5, 5.41) is 3.37. The van der Waals surface area contributed by atoms with Crippen molar-refractivity contribution >= 4 is 32.6 Å². The SMILES string of the molecule is COc1ccc2nc(NC(=O)c3ccc(CN4CCCCC4)o3)sc2c1. The number of carbonyl (C=O) groups excluding carboxylic acids is 1. The summed E-state index contributed by atoms with van der Waals surface area (Å²) in [7, 11) is 1.63. The number of piperidine rings is 1. The maximum Gasteiger partial charge on any atom is 0.293 e. The molecule has 136 valence electrons. The number of hydrogen-bond donors (Lipinski definition) is 1. The van der Waals surface area contributed by atoms with Crippen molar-refractivity contribution < 1.29 is 13.9 Å². The maximum absolute atomic E-state index is 12.4. The van der Waals surface area contributed by atoms with Gasteiger partial charge in [-0.1, -0.05) is 17.8 Å². The zero-order chi connectivity index (χ0) is 17.9. The third-order valence-corrected chi connectivity index (χ3v) is 5.46. The second kappa shape index (κ2) is 7.47. The van der Waals surface area contributed by atoms with E-state index in [0.29, 0.717) is 10.9 Å². The van der Waals surface area contributed by atoms with Crippen LogP contribution in [0.4, 0.5) is 5.13 Å². The number of rotatable bonds is 5. The Balaban J connectivity index is 1.43. The minimum absolute atomic E-state index is 0.277. The summed E-state index contributed by atoms with van der Waals surface area (Å²) in [6.07, 6.45) is 3.77. The van der Waals surface area contributed by atoms with Gasteiger partial charge in [0.05, 0.1) is 23.9 Å². The highest BCUT2D eigenvalue weighted by atomic mass is 32.1. The van der Waals surface area contributed by atoms with E-state index in [9.17, 15) is 4.79 Å². The van der Waals surface area contributed by atoms with Crippen molar-refractivity contribution in [1.29, 1.82) is 0 Å². The van der Waals surface area contributed by atoms with E-state index in [2.05, 4.69) is 15.2 Å². The number of likely N-dealkylation sites (tertiary alicyclic amines) is 1. The molecule has 3 heterocycles. The topological polar surface area (TPSA) is 67.6 Å². The Kier molecular flexibility index (Phi) is 4.90. The molecule has 3 aromatic rings. The molecule has 0 radical (unpaired) electrons. The van der Waals surface area contributed by atoms with E-state index in [1.807, 2.05) is 24.3 Å². The molecule has 1 saturated heterocycles. The molecular weight excluding hydrogens is 350 g/mol. The Labute approximate surface area is 155 Å². The maximum atomic E-state index is 12.4. The fourth-order valence-electron chi connectivity index (χ4n) is 3.17. The van der Waals surface area contributed by atoms with Gasteiger partial charge in [-0.15, -0.1) is 0 Å². The van der Waals surface area contributed by atoms with Gasteiger partial charge in [0.1, 0.15) is 11.5 Å². The van der Waals surface area contributed by atoms with Crippen molar-refractivity contribution in [3.63, 3.8) is 0 Å². The first-order valence-electron chi connectivity index (χ1n) is 8.78. The van der Waals surface area contributed by atoms with Crippen LogP contribution in [0.3, 0.4) is 0 Å². The molecule has 0 spiro atoms. The molecule has 1 fully saturated rings. The Morgan fingerprint density at radius 2 is 2.12 bits per heavy atom. The van der Waals surface area contributed by atoms with Crippen molar-refractivity contribution in [1.82, 2.24) is 9.88 Å². The predicted octanol–water partition coefficient (Wildman–Crippen LogP) is 4.14. The Bertz CT molecular complexity index is 912. The summed E-state index contributed by atoms with van der Waals surface area (Å²) < 4.78 is 11.9. The van der Waals surface area contributed by atoms with Gasteiger partial charge in [-0.3, -0.25) is 15.0 Å². The predicted molar refractivity (Wildman–Crippen MR) is 102 cm³/mol. The van der Waals surface area contributed by atoms with Gasteiger partial charge >= 0.3 is 0 Å². The highest BCUT2D eigenvalue weighted by Gasteiger charge is 2.16. The average Bonchev–Trinajstić information content (AvgIpc) is 3.28. The van der Waals surface area contributed by atoms with Crippen LogP contribution in [0.2, 0.25) is 0 Å². The number of amides is 1. The minimum atomic E-state index is -0.277. The Morgan fingerprint density at radius 3 is 2.92 bits per heavy atom. The van der Waals surface area contributed by atoms with Gasteiger partial charge < -0.3 is 9.15 Å². The number of fused-ring (bicyclic) bond motifs is 1. The van der Waals surface area contributed by atoms with E-state index in [0.717, 1.165) is 41.4 Å². The van der Waals surface area contributed by atoms with Crippen molar-refractivity contribution in [3.8, 4) is 5.75 Å². The van der Waals surface area contributed by atoms with Crippen LogP contribution in [0.5, 0.6) is 5.75 Å². The van der Waals surface area contributed by atoms with Gasteiger partial charge in [0.15, 0.2) is 10.9 Å². The first-order chi connectivity index (χ1) is 12.7. The fourth-order valence-corrected chi connectivity index (χ4v) is 4.06. The summed E-state index contributed by atoms with van der Waals surface area (Å²) in [6.45, 7) is 2.95. The molecule has 0 aliphatic carbocycles. The highest BCUT2D eigenvalue weighted by Crippen LogP contribution is 2.29. The van der Waals surface area contributed by atoms with Gasteiger partial charge in [-0.2, -0.15) is 0 Å². The molecule has 0 saturated carbocycles. The van der Waals surface area contributed by atoms with E-state index >= 15 is 0 Å². The zero-order valence-electron chi connectivity index (χ0n) is 14.7. The van der Waals surface area contributed by atoms with E-state index in [-0.39, 0.29) is 5.91 Å². The van der Waals surface area contributed by atoms with Gasteiger partial charge in [-0.25, -0.2) is 4.98 Å². The van der Waals surface area contributed by atoms with Crippen LogP contribution in [-0.2, 0) is 6.54 Å². The lowest BCUT2D eigenvalue weighted by atomic mass is 10.1. The minimum Gasteiger partial charge on any atom is -0.497 e. The summed E-state index contributed by atoms with van der Waals surface area (Å²) in [6, 6.07) is 9.25. The van der Waals surface area contributed by atoms with E-state index in [1.54, 1.807) is 13.2 Å². The lowest BCUT2D eigenvalue weighted by Gasteiger charge is -2.25. The number of nitrogens with zero attached hydrogens (tertiary/aromatic N) is 2. The first kappa shape index (κ1) is 17.1. The molecule has 1 aliphatic rings. The molecular formula is C19H21N3O3S.